The molecule has 0 bridgehead atoms. The summed E-state index contributed by atoms with van der Waals surface area (Å²) in [4.78, 5) is 25.2. The van der Waals surface area contributed by atoms with Gasteiger partial charge in [-0.15, -0.1) is 0 Å². The van der Waals surface area contributed by atoms with Crippen molar-refractivity contribution < 1.29 is 18.8 Å². The third-order valence-corrected chi connectivity index (χ3v) is 3.22. The summed E-state index contributed by atoms with van der Waals surface area (Å²) in [5.41, 5.74) is 0.589. The van der Waals surface area contributed by atoms with Gasteiger partial charge in [-0.05, 0) is 19.1 Å². The van der Waals surface area contributed by atoms with Gasteiger partial charge in [0.2, 0.25) is 11.8 Å². The molecule has 0 atom stereocenters. The lowest BCUT2D eigenvalue weighted by Crippen LogP contribution is -2.32. The average Bonchev–Trinajstić information content (AvgIpc) is 2.94. The Morgan fingerprint density at radius 3 is 2.70 bits per heavy atom. The molecule has 0 fully saturated rings. The summed E-state index contributed by atoms with van der Waals surface area (Å²) < 4.78 is 10.1. The van der Waals surface area contributed by atoms with Crippen molar-refractivity contribution in [3.8, 4) is 5.75 Å². The van der Waals surface area contributed by atoms with Crippen LogP contribution in [0.5, 0.6) is 5.75 Å². The SMILES string of the molecule is COc1ccccc1NC(=O)CCN(C(C)=O)c1cc(C)on1. The third-order valence-electron chi connectivity index (χ3n) is 3.22. The number of nitrogens with zero attached hydrogens (tertiary/aromatic N) is 2. The van der Waals surface area contributed by atoms with E-state index < -0.39 is 0 Å². The first-order valence-electron chi connectivity index (χ1n) is 7.15. The van der Waals surface area contributed by atoms with E-state index in [1.165, 1.54) is 18.9 Å². The summed E-state index contributed by atoms with van der Waals surface area (Å²) in [5, 5.41) is 6.57. The van der Waals surface area contributed by atoms with Gasteiger partial charge in [-0.25, -0.2) is 0 Å². The van der Waals surface area contributed by atoms with Crippen molar-refractivity contribution in [3.05, 3.63) is 36.1 Å². The molecule has 0 aliphatic carbocycles. The molecule has 0 saturated heterocycles. The number of methoxy groups -OCH3 is 1. The second kappa shape index (κ2) is 7.44. The number of ether oxygens (including phenoxy) is 1. The van der Waals surface area contributed by atoms with Crippen LogP contribution in [0.1, 0.15) is 19.1 Å². The first-order chi connectivity index (χ1) is 11.0. The number of rotatable bonds is 6. The molecule has 0 saturated carbocycles. The molecule has 2 rings (SSSR count). The summed E-state index contributed by atoms with van der Waals surface area (Å²) in [7, 11) is 1.54. The number of hydrogen-bond acceptors (Lipinski definition) is 5. The molecule has 1 aromatic heterocycles. The number of benzene rings is 1. The summed E-state index contributed by atoms with van der Waals surface area (Å²) in [6.07, 6.45) is 0.129. The van der Waals surface area contributed by atoms with Crippen LogP contribution in [0.4, 0.5) is 11.5 Å². The Balaban J connectivity index is 1.98. The lowest BCUT2D eigenvalue weighted by molar-refractivity contribution is -0.117. The molecule has 1 N–H and O–H groups in total. The van der Waals surface area contributed by atoms with Gasteiger partial charge in [0, 0.05) is 26.0 Å². The predicted molar refractivity (Wildman–Crippen MR) is 85.5 cm³/mol. The van der Waals surface area contributed by atoms with E-state index in [1.807, 2.05) is 6.07 Å². The summed E-state index contributed by atoms with van der Waals surface area (Å²) in [6, 6.07) is 8.78. The highest BCUT2D eigenvalue weighted by atomic mass is 16.5. The fraction of sp³-hybridized carbons (Fsp3) is 0.312. The van der Waals surface area contributed by atoms with Crippen LogP contribution in [0.2, 0.25) is 0 Å². The maximum absolute atomic E-state index is 12.1. The lowest BCUT2D eigenvalue weighted by atomic mass is 10.2. The molecule has 7 nitrogen and oxygen atoms in total. The van der Waals surface area contributed by atoms with Crippen LogP contribution in [0.25, 0.3) is 0 Å². The number of aromatic nitrogens is 1. The van der Waals surface area contributed by atoms with Crippen molar-refractivity contribution >= 4 is 23.3 Å². The number of anilines is 2. The monoisotopic (exact) mass is 317 g/mol. The van der Waals surface area contributed by atoms with Crippen LogP contribution in [0.15, 0.2) is 34.9 Å². The largest absolute Gasteiger partial charge is 0.495 e. The summed E-state index contributed by atoms with van der Waals surface area (Å²) in [5.74, 6) is 1.16. The van der Waals surface area contributed by atoms with Gasteiger partial charge in [-0.3, -0.25) is 14.5 Å². The van der Waals surface area contributed by atoms with E-state index in [1.54, 1.807) is 31.2 Å². The normalized spacial score (nSPS) is 10.2. The highest BCUT2D eigenvalue weighted by molar-refractivity contribution is 5.95. The highest BCUT2D eigenvalue weighted by Crippen LogP contribution is 2.23. The zero-order valence-corrected chi connectivity index (χ0v) is 13.3. The fourth-order valence-corrected chi connectivity index (χ4v) is 2.09. The van der Waals surface area contributed by atoms with E-state index in [0.717, 1.165) is 0 Å². The van der Waals surface area contributed by atoms with Crippen molar-refractivity contribution in [3.63, 3.8) is 0 Å². The van der Waals surface area contributed by atoms with Crippen LogP contribution in [0, 0.1) is 6.92 Å². The third kappa shape index (κ3) is 4.32. The minimum Gasteiger partial charge on any atom is -0.495 e. The second-order valence-corrected chi connectivity index (χ2v) is 4.96. The van der Waals surface area contributed by atoms with E-state index in [4.69, 9.17) is 9.26 Å². The van der Waals surface area contributed by atoms with E-state index in [2.05, 4.69) is 10.5 Å². The quantitative estimate of drug-likeness (QED) is 0.884. The Bertz CT molecular complexity index is 696. The van der Waals surface area contributed by atoms with Crippen LogP contribution in [-0.4, -0.2) is 30.6 Å². The standard InChI is InChI=1S/C16H19N3O4/c1-11-10-15(18-23-11)19(12(2)20)9-8-16(21)17-13-6-4-5-7-14(13)22-3/h4-7,10H,8-9H2,1-3H3,(H,17,21). The first-order valence-corrected chi connectivity index (χ1v) is 7.15. The fourth-order valence-electron chi connectivity index (χ4n) is 2.09. The van der Waals surface area contributed by atoms with Gasteiger partial charge < -0.3 is 14.6 Å². The molecule has 0 spiro atoms. The molecule has 0 radical (unpaired) electrons. The van der Waals surface area contributed by atoms with Crippen LogP contribution in [0.3, 0.4) is 0 Å². The van der Waals surface area contributed by atoms with Crippen molar-refractivity contribution in [1.82, 2.24) is 5.16 Å². The smallest absolute Gasteiger partial charge is 0.226 e. The first kappa shape index (κ1) is 16.5. The molecule has 1 aromatic carbocycles. The molecule has 0 unspecified atom stereocenters. The Kier molecular flexibility index (Phi) is 5.35. The Labute approximate surface area is 134 Å². The lowest BCUT2D eigenvalue weighted by Gasteiger charge is -2.17. The maximum atomic E-state index is 12.1. The topological polar surface area (TPSA) is 84.7 Å². The second-order valence-electron chi connectivity index (χ2n) is 4.96. The van der Waals surface area contributed by atoms with E-state index in [9.17, 15) is 9.59 Å². The zero-order chi connectivity index (χ0) is 16.8. The van der Waals surface area contributed by atoms with E-state index in [0.29, 0.717) is 23.0 Å². The van der Waals surface area contributed by atoms with Gasteiger partial charge in [0.1, 0.15) is 11.5 Å². The van der Waals surface area contributed by atoms with Gasteiger partial charge in [0.05, 0.1) is 12.8 Å². The maximum Gasteiger partial charge on any atom is 0.226 e. The zero-order valence-electron chi connectivity index (χ0n) is 13.3. The van der Waals surface area contributed by atoms with E-state index >= 15 is 0 Å². The number of aryl methyl sites for hydroxylation is 1. The highest BCUT2D eigenvalue weighted by Gasteiger charge is 2.17. The van der Waals surface area contributed by atoms with Crippen LogP contribution in [-0.2, 0) is 9.59 Å². The summed E-state index contributed by atoms with van der Waals surface area (Å²) in [6.45, 7) is 3.37. The van der Waals surface area contributed by atoms with Gasteiger partial charge in [-0.1, -0.05) is 17.3 Å². The van der Waals surface area contributed by atoms with Gasteiger partial charge >= 0.3 is 0 Å². The number of carbonyl (C=O) groups is 2. The van der Waals surface area contributed by atoms with Crippen molar-refractivity contribution in [1.29, 1.82) is 0 Å². The molecule has 2 aromatic rings. The molecule has 122 valence electrons. The minimum atomic E-state index is -0.221. The number of hydrogen-bond donors (Lipinski definition) is 1. The molecule has 23 heavy (non-hydrogen) atoms. The van der Waals surface area contributed by atoms with Gasteiger partial charge in [-0.2, -0.15) is 0 Å². The van der Waals surface area contributed by atoms with Crippen LogP contribution < -0.4 is 15.0 Å². The molecule has 1 heterocycles. The van der Waals surface area contributed by atoms with Crippen molar-refractivity contribution in [2.45, 2.75) is 20.3 Å². The van der Waals surface area contributed by atoms with Crippen molar-refractivity contribution in [2.75, 3.05) is 23.9 Å². The Morgan fingerprint density at radius 1 is 1.35 bits per heavy atom. The number of carbonyl (C=O) groups excluding carboxylic acids is 2. The number of nitrogens with one attached hydrogen (secondary N) is 1. The Hall–Kier alpha value is -2.83. The van der Waals surface area contributed by atoms with E-state index in [-0.39, 0.29) is 24.8 Å². The Morgan fingerprint density at radius 2 is 2.09 bits per heavy atom. The molecular weight excluding hydrogens is 298 g/mol. The molecule has 7 heteroatoms. The molecular formula is C16H19N3O4. The molecule has 0 aliphatic rings. The minimum absolute atomic E-state index is 0.129. The van der Waals surface area contributed by atoms with Gasteiger partial charge in [0.25, 0.3) is 0 Å². The summed E-state index contributed by atoms with van der Waals surface area (Å²) >= 11 is 0. The number of para-hydroxylation sites is 2. The molecule has 0 aliphatic heterocycles. The average molecular weight is 317 g/mol. The predicted octanol–water partition coefficient (Wildman–Crippen LogP) is 2.37. The van der Waals surface area contributed by atoms with Crippen molar-refractivity contribution in [2.24, 2.45) is 0 Å². The molecule has 2 amide bonds. The number of amides is 2. The van der Waals surface area contributed by atoms with Crippen LogP contribution >= 0.6 is 0 Å². The van der Waals surface area contributed by atoms with Gasteiger partial charge in [0.15, 0.2) is 5.82 Å².